The summed E-state index contributed by atoms with van der Waals surface area (Å²) in [5.74, 6) is -0.154. The van der Waals surface area contributed by atoms with E-state index >= 15 is 0 Å². The summed E-state index contributed by atoms with van der Waals surface area (Å²) in [7, 11) is 0. The Labute approximate surface area is 84.3 Å². The molecule has 14 heavy (non-hydrogen) atoms. The molecule has 1 aromatic heterocycles. The first-order valence-corrected chi connectivity index (χ1v) is 4.83. The second-order valence-electron chi connectivity index (χ2n) is 3.79. The molecule has 0 saturated carbocycles. The van der Waals surface area contributed by atoms with Crippen LogP contribution in [0.5, 0.6) is 0 Å². The average molecular weight is 196 g/mol. The molecule has 2 unspecified atom stereocenters. The highest BCUT2D eigenvalue weighted by Crippen LogP contribution is 2.25. The topological polar surface area (TPSA) is 38.9 Å². The van der Waals surface area contributed by atoms with Crippen molar-refractivity contribution >= 4 is 0 Å². The highest BCUT2D eigenvalue weighted by Gasteiger charge is 2.17. The third-order valence-electron chi connectivity index (χ3n) is 2.55. The minimum Gasteiger partial charge on any atom is -0.330 e. The predicted octanol–water partition coefficient (Wildman–Crippen LogP) is 2.30. The second kappa shape index (κ2) is 4.51. The lowest BCUT2D eigenvalue weighted by atomic mass is 9.99. The first-order chi connectivity index (χ1) is 6.56. The number of nitrogens with two attached hydrogens (primary N) is 1. The van der Waals surface area contributed by atoms with Gasteiger partial charge in [0.25, 0.3) is 0 Å². The van der Waals surface area contributed by atoms with Crippen molar-refractivity contribution in [2.45, 2.75) is 26.9 Å². The molecule has 1 heterocycles. The molecule has 0 aromatic carbocycles. The number of alkyl halides is 1. The molecule has 78 valence electrons. The maximum Gasteiger partial charge on any atom is 0.130 e. The van der Waals surface area contributed by atoms with Gasteiger partial charge in [-0.1, -0.05) is 6.92 Å². The van der Waals surface area contributed by atoms with E-state index in [2.05, 4.69) is 4.98 Å². The largest absolute Gasteiger partial charge is 0.330 e. The van der Waals surface area contributed by atoms with Crippen LogP contribution in [0.3, 0.4) is 0 Å². The Kier molecular flexibility index (Phi) is 3.58. The molecule has 2 N–H and O–H groups in total. The maximum atomic E-state index is 13.7. The monoisotopic (exact) mass is 196 g/mol. The van der Waals surface area contributed by atoms with Crippen molar-refractivity contribution in [2.75, 3.05) is 6.54 Å². The zero-order chi connectivity index (χ0) is 10.7. The van der Waals surface area contributed by atoms with E-state index in [-0.39, 0.29) is 5.92 Å². The van der Waals surface area contributed by atoms with Gasteiger partial charge in [0.15, 0.2) is 0 Å². The first kappa shape index (κ1) is 11.1. The van der Waals surface area contributed by atoms with E-state index in [1.165, 1.54) is 0 Å². The van der Waals surface area contributed by atoms with Crippen molar-refractivity contribution < 1.29 is 4.39 Å². The van der Waals surface area contributed by atoms with Crippen LogP contribution in [-0.2, 0) is 0 Å². The molecule has 0 radical (unpaired) electrons. The lowest BCUT2D eigenvalue weighted by Crippen LogP contribution is -2.16. The van der Waals surface area contributed by atoms with Gasteiger partial charge in [-0.2, -0.15) is 0 Å². The summed E-state index contributed by atoms with van der Waals surface area (Å²) in [6, 6.07) is 1.85. The van der Waals surface area contributed by atoms with E-state index in [0.717, 1.165) is 11.3 Å². The first-order valence-electron chi connectivity index (χ1n) is 4.83. The summed E-state index contributed by atoms with van der Waals surface area (Å²) in [5.41, 5.74) is 8.02. The molecule has 1 rings (SSSR count). The lowest BCUT2D eigenvalue weighted by Gasteiger charge is -2.15. The van der Waals surface area contributed by atoms with Gasteiger partial charge in [-0.15, -0.1) is 0 Å². The van der Waals surface area contributed by atoms with Crippen LogP contribution in [0.2, 0.25) is 0 Å². The highest BCUT2D eigenvalue weighted by molar-refractivity contribution is 5.24. The van der Waals surface area contributed by atoms with Crippen molar-refractivity contribution in [2.24, 2.45) is 11.7 Å². The molecule has 0 bridgehead atoms. The van der Waals surface area contributed by atoms with Crippen molar-refractivity contribution in [3.8, 4) is 0 Å². The fourth-order valence-electron chi connectivity index (χ4n) is 1.26. The van der Waals surface area contributed by atoms with Gasteiger partial charge in [-0.05, 0) is 32.0 Å². The van der Waals surface area contributed by atoms with E-state index in [1.54, 1.807) is 13.1 Å². The number of nitrogens with zero attached hydrogens (tertiary/aromatic N) is 1. The van der Waals surface area contributed by atoms with Crippen LogP contribution in [0.1, 0.15) is 29.9 Å². The zero-order valence-corrected chi connectivity index (χ0v) is 8.92. The molecule has 0 amide bonds. The summed E-state index contributed by atoms with van der Waals surface area (Å²) < 4.78 is 13.7. The van der Waals surface area contributed by atoms with Crippen molar-refractivity contribution in [3.63, 3.8) is 0 Å². The van der Waals surface area contributed by atoms with Gasteiger partial charge in [-0.3, -0.25) is 4.98 Å². The smallest absolute Gasteiger partial charge is 0.130 e. The Morgan fingerprint density at radius 3 is 2.64 bits per heavy atom. The average Bonchev–Trinajstić information content (AvgIpc) is 2.20. The van der Waals surface area contributed by atoms with E-state index < -0.39 is 6.17 Å². The van der Waals surface area contributed by atoms with Crippen molar-refractivity contribution in [1.29, 1.82) is 0 Å². The summed E-state index contributed by atoms with van der Waals surface area (Å²) in [6.45, 7) is 6.01. The minimum absolute atomic E-state index is 0.154. The van der Waals surface area contributed by atoms with Gasteiger partial charge < -0.3 is 5.73 Å². The van der Waals surface area contributed by atoms with Crippen LogP contribution in [0, 0.1) is 19.8 Å². The third kappa shape index (κ3) is 2.29. The molecule has 0 saturated heterocycles. The molecule has 0 spiro atoms. The van der Waals surface area contributed by atoms with Crippen LogP contribution in [0.4, 0.5) is 4.39 Å². The standard InChI is InChI=1S/C11H17FN2/c1-7-4-10(6-14-9(7)3)11(12)8(2)5-13/h4,6,8,11H,5,13H2,1-3H3. The Morgan fingerprint density at radius 2 is 2.14 bits per heavy atom. The highest BCUT2D eigenvalue weighted by atomic mass is 19.1. The van der Waals surface area contributed by atoms with Crippen LogP contribution in [0.25, 0.3) is 0 Å². The van der Waals surface area contributed by atoms with Gasteiger partial charge >= 0.3 is 0 Å². The minimum atomic E-state index is -1.01. The summed E-state index contributed by atoms with van der Waals surface area (Å²) in [4.78, 5) is 4.14. The number of hydrogen-bond donors (Lipinski definition) is 1. The van der Waals surface area contributed by atoms with Gasteiger partial charge in [0.05, 0.1) is 0 Å². The molecule has 0 aliphatic rings. The van der Waals surface area contributed by atoms with Crippen LogP contribution in [-0.4, -0.2) is 11.5 Å². The molecule has 2 nitrogen and oxygen atoms in total. The van der Waals surface area contributed by atoms with Crippen LogP contribution < -0.4 is 5.73 Å². The number of aryl methyl sites for hydroxylation is 2. The van der Waals surface area contributed by atoms with Crippen LogP contribution >= 0.6 is 0 Å². The number of aromatic nitrogens is 1. The van der Waals surface area contributed by atoms with Gasteiger partial charge in [-0.25, -0.2) is 4.39 Å². The normalized spacial score (nSPS) is 15.2. The Morgan fingerprint density at radius 1 is 1.50 bits per heavy atom. The van der Waals surface area contributed by atoms with E-state index in [9.17, 15) is 4.39 Å². The fourth-order valence-corrected chi connectivity index (χ4v) is 1.26. The second-order valence-corrected chi connectivity index (χ2v) is 3.79. The van der Waals surface area contributed by atoms with E-state index in [1.807, 2.05) is 19.9 Å². The van der Waals surface area contributed by atoms with E-state index in [0.29, 0.717) is 12.1 Å². The van der Waals surface area contributed by atoms with Crippen molar-refractivity contribution in [1.82, 2.24) is 4.98 Å². The predicted molar refractivity (Wildman–Crippen MR) is 55.8 cm³/mol. The molecule has 0 aliphatic carbocycles. The molecular formula is C11H17FN2. The number of rotatable bonds is 3. The fraction of sp³-hybridized carbons (Fsp3) is 0.545. The zero-order valence-electron chi connectivity index (χ0n) is 8.92. The Hall–Kier alpha value is -0.960. The number of hydrogen-bond acceptors (Lipinski definition) is 2. The Bertz CT molecular complexity index is 312. The molecule has 3 heteroatoms. The van der Waals surface area contributed by atoms with Gasteiger partial charge in [0.2, 0.25) is 0 Å². The maximum absolute atomic E-state index is 13.7. The van der Waals surface area contributed by atoms with Gasteiger partial charge in [0, 0.05) is 23.4 Å². The number of pyridine rings is 1. The van der Waals surface area contributed by atoms with E-state index in [4.69, 9.17) is 5.73 Å². The molecule has 2 atom stereocenters. The number of halogens is 1. The molecule has 0 fully saturated rings. The quantitative estimate of drug-likeness (QED) is 0.805. The van der Waals surface area contributed by atoms with Gasteiger partial charge in [0.1, 0.15) is 6.17 Å². The summed E-state index contributed by atoms with van der Waals surface area (Å²) in [5, 5.41) is 0. The van der Waals surface area contributed by atoms with Crippen molar-refractivity contribution in [3.05, 3.63) is 29.1 Å². The summed E-state index contributed by atoms with van der Waals surface area (Å²) >= 11 is 0. The molecule has 1 aromatic rings. The Balaban J connectivity index is 2.91. The SMILES string of the molecule is Cc1cc(C(F)C(C)CN)cnc1C. The summed E-state index contributed by atoms with van der Waals surface area (Å²) in [6.07, 6.45) is 0.589. The van der Waals surface area contributed by atoms with Crippen LogP contribution in [0.15, 0.2) is 12.3 Å². The molecule has 0 aliphatic heterocycles. The molecular weight excluding hydrogens is 179 g/mol. The third-order valence-corrected chi connectivity index (χ3v) is 2.55. The lowest BCUT2D eigenvalue weighted by molar-refractivity contribution is 0.251.